The lowest BCUT2D eigenvalue weighted by Crippen LogP contribution is -2.48. The van der Waals surface area contributed by atoms with Crippen molar-refractivity contribution in [1.29, 1.82) is 0 Å². The second kappa shape index (κ2) is 6.50. The third-order valence-electron chi connectivity index (χ3n) is 4.22. The molecule has 0 spiro atoms. The normalized spacial score (nSPS) is 15.2. The Morgan fingerprint density at radius 2 is 1.67 bits per heavy atom. The standard InChI is InChI=1S/C18H28N2O/c1-12(2)20(13(3)4)18(21)14(5)19-17-10-9-15-7-6-8-16(15)11-17/h9-14,19H,6-8H2,1-5H3. The van der Waals surface area contributed by atoms with Crippen molar-refractivity contribution < 1.29 is 4.79 Å². The largest absolute Gasteiger partial charge is 0.374 e. The Hall–Kier alpha value is -1.51. The number of rotatable bonds is 5. The van der Waals surface area contributed by atoms with Crippen molar-refractivity contribution in [3.8, 4) is 0 Å². The van der Waals surface area contributed by atoms with Gasteiger partial charge >= 0.3 is 0 Å². The maximum absolute atomic E-state index is 12.6. The minimum atomic E-state index is -0.200. The Kier molecular flexibility index (Phi) is 4.92. The molecule has 0 saturated carbocycles. The molecule has 0 fully saturated rings. The second-order valence-electron chi connectivity index (χ2n) is 6.64. The first-order valence-corrected chi connectivity index (χ1v) is 8.10. The van der Waals surface area contributed by atoms with Gasteiger partial charge in [-0.25, -0.2) is 0 Å². The molecule has 1 aromatic carbocycles. The first kappa shape index (κ1) is 15.9. The number of hydrogen-bond acceptors (Lipinski definition) is 2. The fourth-order valence-corrected chi connectivity index (χ4v) is 3.30. The molecule has 21 heavy (non-hydrogen) atoms. The maximum Gasteiger partial charge on any atom is 0.245 e. The van der Waals surface area contributed by atoms with Crippen molar-refractivity contribution in [2.24, 2.45) is 0 Å². The smallest absolute Gasteiger partial charge is 0.245 e. The van der Waals surface area contributed by atoms with E-state index in [0.717, 1.165) is 12.1 Å². The van der Waals surface area contributed by atoms with E-state index >= 15 is 0 Å². The Labute approximate surface area is 128 Å². The van der Waals surface area contributed by atoms with Crippen LogP contribution in [0.2, 0.25) is 0 Å². The highest BCUT2D eigenvalue weighted by molar-refractivity contribution is 5.84. The van der Waals surface area contributed by atoms with Gasteiger partial charge in [-0.3, -0.25) is 4.79 Å². The molecule has 3 heteroatoms. The van der Waals surface area contributed by atoms with Crippen molar-refractivity contribution >= 4 is 11.6 Å². The van der Waals surface area contributed by atoms with E-state index in [1.54, 1.807) is 0 Å². The van der Waals surface area contributed by atoms with Gasteiger partial charge in [0.05, 0.1) is 0 Å². The van der Waals surface area contributed by atoms with Crippen LogP contribution in [0.3, 0.4) is 0 Å². The van der Waals surface area contributed by atoms with Crippen LogP contribution in [0.25, 0.3) is 0 Å². The number of carbonyl (C=O) groups excluding carboxylic acids is 1. The van der Waals surface area contributed by atoms with Crippen molar-refractivity contribution in [1.82, 2.24) is 4.90 Å². The van der Waals surface area contributed by atoms with Crippen LogP contribution in [0.5, 0.6) is 0 Å². The zero-order chi connectivity index (χ0) is 15.6. The minimum absolute atomic E-state index is 0.167. The van der Waals surface area contributed by atoms with Gasteiger partial charge < -0.3 is 10.2 Å². The molecule has 1 unspecified atom stereocenters. The van der Waals surface area contributed by atoms with E-state index in [9.17, 15) is 4.79 Å². The van der Waals surface area contributed by atoms with Gasteiger partial charge in [-0.2, -0.15) is 0 Å². The molecule has 0 aliphatic heterocycles. The summed E-state index contributed by atoms with van der Waals surface area (Å²) >= 11 is 0. The van der Waals surface area contributed by atoms with Crippen LogP contribution < -0.4 is 5.32 Å². The molecule has 0 aromatic heterocycles. The quantitative estimate of drug-likeness (QED) is 0.897. The Morgan fingerprint density at radius 3 is 2.29 bits per heavy atom. The van der Waals surface area contributed by atoms with Crippen LogP contribution in [0.4, 0.5) is 5.69 Å². The molecule has 116 valence electrons. The summed E-state index contributed by atoms with van der Waals surface area (Å²) in [5, 5.41) is 3.37. The predicted molar refractivity (Wildman–Crippen MR) is 88.7 cm³/mol. The SMILES string of the molecule is CC(Nc1ccc2c(c1)CCC2)C(=O)N(C(C)C)C(C)C. The molecule has 0 heterocycles. The molecule has 1 aliphatic rings. The summed E-state index contributed by atoms with van der Waals surface area (Å²) in [4.78, 5) is 14.6. The van der Waals surface area contributed by atoms with Crippen LogP contribution in [0.15, 0.2) is 18.2 Å². The molecule has 0 bridgehead atoms. The van der Waals surface area contributed by atoms with E-state index in [1.165, 1.54) is 24.0 Å². The molecule has 1 aromatic rings. The van der Waals surface area contributed by atoms with E-state index in [2.05, 4.69) is 51.2 Å². The number of aryl methyl sites for hydroxylation is 2. The Morgan fingerprint density at radius 1 is 1.05 bits per heavy atom. The zero-order valence-corrected chi connectivity index (χ0v) is 13.9. The molecule has 0 saturated heterocycles. The number of nitrogens with one attached hydrogen (secondary N) is 1. The van der Waals surface area contributed by atoms with Gasteiger partial charge in [-0.15, -0.1) is 0 Å². The number of fused-ring (bicyclic) bond motifs is 1. The van der Waals surface area contributed by atoms with Gasteiger partial charge in [0.25, 0.3) is 0 Å². The molecule has 2 rings (SSSR count). The van der Waals surface area contributed by atoms with Crippen LogP contribution in [0, 0.1) is 0 Å². The number of anilines is 1. The molecular formula is C18H28N2O. The van der Waals surface area contributed by atoms with Gasteiger partial charge in [0.2, 0.25) is 5.91 Å². The van der Waals surface area contributed by atoms with Crippen LogP contribution in [0.1, 0.15) is 52.2 Å². The Bertz CT molecular complexity index is 500. The summed E-state index contributed by atoms with van der Waals surface area (Å²) in [7, 11) is 0. The highest BCUT2D eigenvalue weighted by Crippen LogP contribution is 2.25. The number of hydrogen-bond donors (Lipinski definition) is 1. The Balaban J connectivity index is 2.06. The summed E-state index contributed by atoms with van der Waals surface area (Å²) < 4.78 is 0. The molecule has 0 radical (unpaired) electrons. The molecular weight excluding hydrogens is 260 g/mol. The van der Waals surface area contributed by atoms with E-state index < -0.39 is 0 Å². The summed E-state index contributed by atoms with van der Waals surface area (Å²) in [6.45, 7) is 10.2. The lowest BCUT2D eigenvalue weighted by molar-refractivity contribution is -0.135. The van der Waals surface area contributed by atoms with Gasteiger partial charge in [0.15, 0.2) is 0 Å². The van der Waals surface area contributed by atoms with Crippen molar-refractivity contribution in [2.75, 3.05) is 5.32 Å². The number of amides is 1. The summed E-state index contributed by atoms with van der Waals surface area (Å²) in [5.41, 5.74) is 3.96. The third kappa shape index (κ3) is 3.58. The fourth-order valence-electron chi connectivity index (χ4n) is 3.30. The van der Waals surface area contributed by atoms with Crippen molar-refractivity contribution in [3.05, 3.63) is 29.3 Å². The highest BCUT2D eigenvalue weighted by atomic mass is 16.2. The number of benzene rings is 1. The zero-order valence-electron chi connectivity index (χ0n) is 13.9. The molecule has 1 aliphatic carbocycles. The number of carbonyl (C=O) groups is 1. The first-order chi connectivity index (χ1) is 9.90. The topological polar surface area (TPSA) is 32.3 Å². The van der Waals surface area contributed by atoms with Gasteiger partial charge in [-0.1, -0.05) is 6.07 Å². The van der Waals surface area contributed by atoms with Crippen molar-refractivity contribution in [3.63, 3.8) is 0 Å². The fraction of sp³-hybridized carbons (Fsp3) is 0.611. The average molecular weight is 288 g/mol. The molecule has 3 nitrogen and oxygen atoms in total. The summed E-state index contributed by atoms with van der Waals surface area (Å²) in [5.74, 6) is 0.167. The van der Waals surface area contributed by atoms with Gasteiger partial charge in [0, 0.05) is 17.8 Å². The van der Waals surface area contributed by atoms with E-state index in [1.807, 2.05) is 11.8 Å². The average Bonchev–Trinajstić information content (AvgIpc) is 2.85. The highest BCUT2D eigenvalue weighted by Gasteiger charge is 2.25. The lowest BCUT2D eigenvalue weighted by atomic mass is 10.1. The third-order valence-corrected chi connectivity index (χ3v) is 4.22. The maximum atomic E-state index is 12.6. The van der Waals surface area contributed by atoms with Gasteiger partial charge in [0.1, 0.15) is 6.04 Å². The summed E-state index contributed by atoms with van der Waals surface area (Å²) in [6.07, 6.45) is 3.61. The van der Waals surface area contributed by atoms with E-state index in [-0.39, 0.29) is 24.0 Å². The minimum Gasteiger partial charge on any atom is -0.374 e. The van der Waals surface area contributed by atoms with Crippen LogP contribution in [-0.4, -0.2) is 28.9 Å². The second-order valence-corrected chi connectivity index (χ2v) is 6.64. The van der Waals surface area contributed by atoms with Crippen LogP contribution >= 0.6 is 0 Å². The number of nitrogens with zero attached hydrogens (tertiary/aromatic N) is 1. The predicted octanol–water partition coefficient (Wildman–Crippen LogP) is 3.62. The van der Waals surface area contributed by atoms with Gasteiger partial charge in [-0.05, 0) is 77.1 Å². The monoisotopic (exact) mass is 288 g/mol. The van der Waals surface area contributed by atoms with Crippen molar-refractivity contribution in [2.45, 2.75) is 72.0 Å². The molecule has 1 atom stereocenters. The molecule has 1 N–H and O–H groups in total. The van der Waals surface area contributed by atoms with Crippen LogP contribution in [-0.2, 0) is 17.6 Å². The summed E-state index contributed by atoms with van der Waals surface area (Å²) in [6, 6.07) is 6.76. The van der Waals surface area contributed by atoms with E-state index in [4.69, 9.17) is 0 Å². The lowest BCUT2D eigenvalue weighted by Gasteiger charge is -2.33. The molecule has 1 amide bonds. The van der Waals surface area contributed by atoms with E-state index in [0.29, 0.717) is 0 Å². The first-order valence-electron chi connectivity index (χ1n) is 8.10.